The molecule has 140 valence electrons. The first-order valence-electron chi connectivity index (χ1n) is 8.30. The topological polar surface area (TPSA) is 85.3 Å². The van der Waals surface area contributed by atoms with Crippen molar-refractivity contribution < 1.29 is 18.8 Å². The fourth-order valence-corrected chi connectivity index (χ4v) is 2.41. The van der Waals surface area contributed by atoms with E-state index in [0.29, 0.717) is 22.2 Å². The minimum Gasteiger partial charge on any atom is -0.479 e. The van der Waals surface area contributed by atoms with E-state index >= 15 is 0 Å². The minimum atomic E-state index is -0.505. The Hall–Kier alpha value is -3.56. The van der Waals surface area contributed by atoms with Crippen molar-refractivity contribution in [2.75, 3.05) is 6.61 Å². The third-order valence-corrected chi connectivity index (χ3v) is 3.90. The number of carbonyl (C=O) groups is 1. The first-order valence-corrected chi connectivity index (χ1v) is 8.68. The van der Waals surface area contributed by atoms with Crippen LogP contribution in [-0.4, -0.2) is 17.7 Å². The summed E-state index contributed by atoms with van der Waals surface area (Å²) in [5.41, 5.74) is 2.29. The Bertz CT molecular complexity index is 1000. The fraction of sp³-hybridized carbons (Fsp3) is 0.0952. The van der Waals surface area contributed by atoms with Crippen LogP contribution in [0.2, 0.25) is 5.02 Å². The highest BCUT2D eigenvalue weighted by atomic mass is 35.5. The molecule has 0 fully saturated rings. The van der Waals surface area contributed by atoms with Gasteiger partial charge in [0.1, 0.15) is 17.5 Å². The van der Waals surface area contributed by atoms with E-state index in [9.17, 15) is 4.79 Å². The summed E-state index contributed by atoms with van der Waals surface area (Å²) >= 11 is 5.87. The SMILES string of the molecule is N#CCOc1ccc(/C=C/C(=O)OCc2cc(-c3ccc(Cl)cc3)no2)cc1. The second-order valence-corrected chi connectivity index (χ2v) is 6.08. The van der Waals surface area contributed by atoms with E-state index in [0.717, 1.165) is 11.1 Å². The largest absolute Gasteiger partial charge is 0.479 e. The van der Waals surface area contributed by atoms with Gasteiger partial charge in [0, 0.05) is 22.7 Å². The zero-order valence-corrected chi connectivity index (χ0v) is 15.4. The summed E-state index contributed by atoms with van der Waals surface area (Å²) in [6, 6.07) is 17.8. The fourth-order valence-electron chi connectivity index (χ4n) is 2.28. The summed E-state index contributed by atoms with van der Waals surface area (Å²) in [6.45, 7) is -0.0341. The number of halogens is 1. The van der Waals surface area contributed by atoms with Crippen LogP contribution in [0.1, 0.15) is 11.3 Å². The number of benzene rings is 2. The first-order chi connectivity index (χ1) is 13.6. The molecule has 0 saturated carbocycles. The summed E-state index contributed by atoms with van der Waals surface area (Å²) < 4.78 is 15.5. The maximum atomic E-state index is 11.9. The van der Waals surface area contributed by atoms with Gasteiger partial charge in [-0.1, -0.05) is 41.0 Å². The van der Waals surface area contributed by atoms with Gasteiger partial charge in [-0.2, -0.15) is 5.26 Å². The molecule has 0 spiro atoms. The molecule has 0 unspecified atom stereocenters. The highest BCUT2D eigenvalue weighted by molar-refractivity contribution is 6.30. The highest BCUT2D eigenvalue weighted by Gasteiger charge is 2.08. The van der Waals surface area contributed by atoms with Crippen LogP contribution in [0.25, 0.3) is 17.3 Å². The number of hydrogen-bond acceptors (Lipinski definition) is 6. The summed E-state index contributed by atoms with van der Waals surface area (Å²) in [5, 5.41) is 13.1. The normalized spacial score (nSPS) is 10.6. The van der Waals surface area contributed by atoms with E-state index < -0.39 is 5.97 Å². The Morgan fingerprint density at radius 3 is 2.64 bits per heavy atom. The highest BCUT2D eigenvalue weighted by Crippen LogP contribution is 2.21. The van der Waals surface area contributed by atoms with Crippen molar-refractivity contribution in [1.82, 2.24) is 5.16 Å². The summed E-state index contributed by atoms with van der Waals surface area (Å²) in [7, 11) is 0. The van der Waals surface area contributed by atoms with Gasteiger partial charge in [-0.25, -0.2) is 4.79 Å². The molecule has 28 heavy (non-hydrogen) atoms. The van der Waals surface area contributed by atoms with Crippen molar-refractivity contribution in [3.05, 3.63) is 77.0 Å². The van der Waals surface area contributed by atoms with Crippen LogP contribution in [-0.2, 0) is 16.1 Å². The number of hydrogen-bond donors (Lipinski definition) is 0. The van der Waals surface area contributed by atoms with Crippen LogP contribution in [0.15, 0.2) is 65.2 Å². The summed E-state index contributed by atoms with van der Waals surface area (Å²) in [6.07, 6.45) is 2.94. The van der Waals surface area contributed by atoms with Crippen LogP contribution in [0, 0.1) is 11.3 Å². The quantitative estimate of drug-likeness (QED) is 0.428. The molecule has 3 rings (SSSR count). The molecule has 0 radical (unpaired) electrons. The molecule has 0 saturated heterocycles. The van der Waals surface area contributed by atoms with Gasteiger partial charge >= 0.3 is 5.97 Å². The average Bonchev–Trinajstić information content (AvgIpc) is 3.19. The van der Waals surface area contributed by atoms with E-state index in [-0.39, 0.29) is 13.2 Å². The Balaban J connectivity index is 1.51. The van der Waals surface area contributed by atoms with Crippen molar-refractivity contribution in [1.29, 1.82) is 5.26 Å². The van der Waals surface area contributed by atoms with Crippen molar-refractivity contribution in [3.8, 4) is 23.1 Å². The molecule has 0 N–H and O–H groups in total. The van der Waals surface area contributed by atoms with Gasteiger partial charge < -0.3 is 14.0 Å². The van der Waals surface area contributed by atoms with Crippen molar-refractivity contribution >= 4 is 23.6 Å². The molecule has 3 aromatic rings. The third-order valence-electron chi connectivity index (χ3n) is 3.65. The molecule has 6 nitrogen and oxygen atoms in total. The number of rotatable bonds is 7. The first kappa shape index (κ1) is 19.2. The standard InChI is InChI=1S/C21H15ClN2O4/c22-17-6-4-16(5-7-17)20-13-19(28-24-20)14-27-21(25)10-3-15-1-8-18(9-2-15)26-12-11-23/h1-10,13H,12,14H2/b10-3+. The molecular formula is C21H15ClN2O4. The van der Waals surface area contributed by atoms with Gasteiger partial charge in [0.2, 0.25) is 0 Å². The van der Waals surface area contributed by atoms with Crippen molar-refractivity contribution in [3.63, 3.8) is 0 Å². The molecular weight excluding hydrogens is 380 g/mol. The number of esters is 1. The van der Waals surface area contributed by atoms with Crippen molar-refractivity contribution in [2.45, 2.75) is 6.61 Å². The zero-order valence-electron chi connectivity index (χ0n) is 14.7. The molecule has 1 aromatic heterocycles. The molecule has 0 aliphatic rings. The number of carbonyl (C=O) groups excluding carboxylic acids is 1. The summed E-state index contributed by atoms with van der Waals surface area (Å²) in [5.74, 6) is 0.517. The maximum absolute atomic E-state index is 11.9. The smallest absolute Gasteiger partial charge is 0.331 e. The lowest BCUT2D eigenvalue weighted by Crippen LogP contribution is -1.99. The third kappa shape index (κ3) is 5.47. The van der Waals surface area contributed by atoms with Gasteiger partial charge in [0.15, 0.2) is 19.0 Å². The van der Waals surface area contributed by atoms with Crippen LogP contribution in [0.5, 0.6) is 5.75 Å². The molecule has 0 aliphatic heterocycles. The Labute approximate surface area is 166 Å². The minimum absolute atomic E-state index is 0.0110. The molecule has 0 atom stereocenters. The van der Waals surface area contributed by atoms with Crippen LogP contribution in [0.3, 0.4) is 0 Å². The number of nitrogens with zero attached hydrogens (tertiary/aromatic N) is 2. The van der Waals surface area contributed by atoms with Crippen LogP contribution >= 0.6 is 11.6 Å². The summed E-state index contributed by atoms with van der Waals surface area (Å²) in [4.78, 5) is 11.9. The van der Waals surface area contributed by atoms with Crippen molar-refractivity contribution in [2.24, 2.45) is 0 Å². The second-order valence-electron chi connectivity index (χ2n) is 5.64. The second kappa shape index (κ2) is 9.40. The molecule has 7 heteroatoms. The number of aromatic nitrogens is 1. The molecule has 0 bridgehead atoms. The number of ether oxygens (including phenoxy) is 2. The average molecular weight is 395 g/mol. The zero-order chi connectivity index (χ0) is 19.8. The van der Waals surface area contributed by atoms with E-state index in [2.05, 4.69) is 5.16 Å². The Morgan fingerprint density at radius 1 is 1.18 bits per heavy atom. The predicted molar refractivity (Wildman–Crippen MR) is 103 cm³/mol. The predicted octanol–water partition coefficient (Wildman–Crippen LogP) is 4.65. The van der Waals surface area contributed by atoms with Crippen LogP contribution in [0.4, 0.5) is 0 Å². The van der Waals surface area contributed by atoms with Gasteiger partial charge in [-0.3, -0.25) is 0 Å². The van der Waals surface area contributed by atoms with Crippen LogP contribution < -0.4 is 4.74 Å². The molecule has 1 heterocycles. The molecule has 2 aromatic carbocycles. The molecule has 0 amide bonds. The van der Waals surface area contributed by atoms with Gasteiger partial charge in [-0.15, -0.1) is 0 Å². The van der Waals surface area contributed by atoms with E-state index in [4.69, 9.17) is 30.9 Å². The lowest BCUT2D eigenvalue weighted by atomic mass is 10.1. The lowest BCUT2D eigenvalue weighted by Gasteiger charge is -2.01. The monoisotopic (exact) mass is 394 g/mol. The maximum Gasteiger partial charge on any atom is 0.331 e. The van der Waals surface area contributed by atoms with E-state index in [1.165, 1.54) is 6.08 Å². The van der Waals surface area contributed by atoms with Gasteiger partial charge in [0.25, 0.3) is 0 Å². The van der Waals surface area contributed by atoms with E-state index in [1.54, 1.807) is 48.5 Å². The van der Waals surface area contributed by atoms with Gasteiger partial charge in [0.05, 0.1) is 0 Å². The van der Waals surface area contributed by atoms with E-state index in [1.807, 2.05) is 18.2 Å². The Kier molecular flexibility index (Phi) is 6.45. The van der Waals surface area contributed by atoms with Gasteiger partial charge in [-0.05, 0) is 35.9 Å². The molecule has 0 aliphatic carbocycles. The lowest BCUT2D eigenvalue weighted by molar-refractivity contribution is -0.139. The number of nitriles is 1. The Morgan fingerprint density at radius 2 is 1.93 bits per heavy atom.